The molecule has 0 unspecified atom stereocenters. The Bertz CT molecular complexity index is 582. The van der Waals surface area contributed by atoms with Crippen LogP contribution in [0.25, 0.3) is 0 Å². The monoisotopic (exact) mass is 363 g/mol. The molecule has 0 aliphatic carbocycles. The summed E-state index contributed by atoms with van der Waals surface area (Å²) in [4.78, 5) is 15.9. The Labute approximate surface area is 154 Å². The van der Waals surface area contributed by atoms with Gasteiger partial charge >= 0.3 is 0 Å². The molecule has 0 aromatic carbocycles. The van der Waals surface area contributed by atoms with Gasteiger partial charge in [0.05, 0.1) is 18.8 Å². The lowest BCUT2D eigenvalue weighted by atomic mass is 9.93. The minimum Gasteiger partial charge on any atom is -0.388 e. The van der Waals surface area contributed by atoms with Crippen LogP contribution >= 0.6 is 0 Å². The molecule has 3 saturated heterocycles. The zero-order valence-electron chi connectivity index (χ0n) is 15.3. The topological polar surface area (TPSA) is 74.2 Å². The zero-order valence-corrected chi connectivity index (χ0v) is 15.3. The number of aliphatic hydroxyl groups is 1. The Morgan fingerprint density at radius 1 is 0.846 bits per heavy atom. The van der Waals surface area contributed by atoms with Gasteiger partial charge in [-0.25, -0.2) is 9.97 Å². The van der Waals surface area contributed by atoms with Crippen LogP contribution in [0.2, 0.25) is 0 Å². The van der Waals surface area contributed by atoms with Gasteiger partial charge in [-0.15, -0.1) is 0 Å². The van der Waals surface area contributed by atoms with Crippen LogP contribution < -0.4 is 9.80 Å². The number of aromatic nitrogens is 2. The summed E-state index contributed by atoms with van der Waals surface area (Å²) in [5, 5.41) is 10.7. The highest BCUT2D eigenvalue weighted by molar-refractivity contribution is 5.50. The highest BCUT2D eigenvalue weighted by Gasteiger charge is 2.33. The van der Waals surface area contributed by atoms with Crippen molar-refractivity contribution < 1.29 is 14.6 Å². The quantitative estimate of drug-likeness (QED) is 0.800. The molecular formula is C18H29N5O3. The maximum absolute atomic E-state index is 10.7. The largest absolute Gasteiger partial charge is 0.388 e. The summed E-state index contributed by atoms with van der Waals surface area (Å²) in [5.74, 6) is 1.98. The van der Waals surface area contributed by atoms with Crippen LogP contribution in [-0.2, 0) is 9.47 Å². The number of β-amino-alcohol motifs (C(OH)–C–C–N with tert-alkyl or cyclic N) is 1. The zero-order chi connectivity index (χ0) is 17.8. The third-order valence-corrected chi connectivity index (χ3v) is 5.61. The summed E-state index contributed by atoms with van der Waals surface area (Å²) in [6, 6.07) is 2.09. The fourth-order valence-electron chi connectivity index (χ4n) is 3.94. The van der Waals surface area contributed by atoms with Crippen LogP contribution in [0.15, 0.2) is 12.4 Å². The Morgan fingerprint density at radius 2 is 1.42 bits per heavy atom. The molecule has 144 valence electrons. The number of piperazine rings is 1. The number of hydrogen-bond acceptors (Lipinski definition) is 8. The molecule has 26 heavy (non-hydrogen) atoms. The molecule has 0 saturated carbocycles. The summed E-state index contributed by atoms with van der Waals surface area (Å²) < 4.78 is 10.8. The van der Waals surface area contributed by atoms with Crippen molar-refractivity contribution in [3.63, 3.8) is 0 Å². The third kappa shape index (κ3) is 4.25. The average molecular weight is 363 g/mol. The van der Waals surface area contributed by atoms with E-state index in [2.05, 4.69) is 30.7 Å². The third-order valence-electron chi connectivity index (χ3n) is 5.61. The van der Waals surface area contributed by atoms with E-state index in [1.807, 2.05) is 0 Å². The molecule has 3 aliphatic heterocycles. The summed E-state index contributed by atoms with van der Waals surface area (Å²) in [7, 11) is 0. The van der Waals surface area contributed by atoms with Gasteiger partial charge in [0, 0.05) is 77.9 Å². The second kappa shape index (κ2) is 8.04. The fourth-order valence-corrected chi connectivity index (χ4v) is 3.94. The standard InChI is InChI=1S/C18H29N5O3/c24-18(1-9-25-10-2-18)14-21-3-5-22(6-4-21)16-13-17(20-15-19-16)23-7-11-26-12-8-23/h13,15,24H,1-12,14H2. The molecule has 8 nitrogen and oxygen atoms in total. The molecule has 0 radical (unpaired) electrons. The Hall–Kier alpha value is -1.48. The van der Waals surface area contributed by atoms with Gasteiger partial charge in [0.15, 0.2) is 0 Å². The fraction of sp³-hybridized carbons (Fsp3) is 0.778. The molecule has 1 N–H and O–H groups in total. The summed E-state index contributed by atoms with van der Waals surface area (Å²) in [6.45, 7) is 9.09. The van der Waals surface area contributed by atoms with Crippen molar-refractivity contribution in [2.24, 2.45) is 0 Å². The van der Waals surface area contributed by atoms with Gasteiger partial charge in [-0.3, -0.25) is 4.90 Å². The first-order valence-corrected chi connectivity index (χ1v) is 9.64. The van der Waals surface area contributed by atoms with Crippen LogP contribution in [0.5, 0.6) is 0 Å². The molecule has 0 atom stereocenters. The van der Waals surface area contributed by atoms with Crippen LogP contribution in [-0.4, -0.2) is 97.8 Å². The van der Waals surface area contributed by atoms with Crippen molar-refractivity contribution >= 4 is 11.6 Å². The Kier molecular flexibility index (Phi) is 5.54. The van der Waals surface area contributed by atoms with Crippen LogP contribution in [0.4, 0.5) is 11.6 Å². The first-order valence-electron chi connectivity index (χ1n) is 9.64. The molecule has 3 fully saturated rings. The number of ether oxygens (including phenoxy) is 2. The number of rotatable bonds is 4. The number of anilines is 2. The summed E-state index contributed by atoms with van der Waals surface area (Å²) in [6.07, 6.45) is 3.14. The number of nitrogens with zero attached hydrogens (tertiary/aromatic N) is 5. The minimum atomic E-state index is -0.584. The van der Waals surface area contributed by atoms with Crippen LogP contribution in [0.3, 0.4) is 0 Å². The first-order chi connectivity index (χ1) is 12.7. The van der Waals surface area contributed by atoms with E-state index in [4.69, 9.17) is 9.47 Å². The summed E-state index contributed by atoms with van der Waals surface area (Å²) >= 11 is 0. The lowest BCUT2D eigenvalue weighted by Gasteiger charge is -2.41. The van der Waals surface area contributed by atoms with E-state index in [1.54, 1.807) is 6.33 Å². The lowest BCUT2D eigenvalue weighted by molar-refractivity contribution is -0.0802. The molecule has 1 aromatic heterocycles. The van der Waals surface area contributed by atoms with Crippen molar-refractivity contribution in [3.8, 4) is 0 Å². The Morgan fingerprint density at radius 3 is 2.08 bits per heavy atom. The van der Waals surface area contributed by atoms with E-state index in [0.29, 0.717) is 13.2 Å². The van der Waals surface area contributed by atoms with Crippen molar-refractivity contribution in [1.29, 1.82) is 0 Å². The van der Waals surface area contributed by atoms with Gasteiger partial charge in [-0.05, 0) is 0 Å². The maximum atomic E-state index is 10.7. The van der Waals surface area contributed by atoms with E-state index in [0.717, 1.165) is 83.5 Å². The molecule has 0 spiro atoms. The first kappa shape index (κ1) is 17.9. The normalized spacial score (nSPS) is 24.7. The molecule has 0 amide bonds. The van der Waals surface area contributed by atoms with Crippen LogP contribution in [0, 0.1) is 0 Å². The second-order valence-corrected chi connectivity index (χ2v) is 7.43. The second-order valence-electron chi connectivity index (χ2n) is 7.43. The van der Waals surface area contributed by atoms with Crippen molar-refractivity contribution in [1.82, 2.24) is 14.9 Å². The van der Waals surface area contributed by atoms with E-state index in [-0.39, 0.29) is 0 Å². The maximum Gasteiger partial charge on any atom is 0.134 e. The molecule has 1 aromatic rings. The molecule has 4 heterocycles. The lowest BCUT2D eigenvalue weighted by Crippen LogP contribution is -2.53. The van der Waals surface area contributed by atoms with E-state index in [1.165, 1.54) is 0 Å². The number of morpholine rings is 1. The predicted octanol–water partition coefficient (Wildman–Crippen LogP) is -0.0233. The molecule has 0 bridgehead atoms. The number of hydrogen-bond donors (Lipinski definition) is 1. The van der Waals surface area contributed by atoms with Crippen molar-refractivity contribution in [2.75, 3.05) is 82.0 Å². The van der Waals surface area contributed by atoms with E-state index in [9.17, 15) is 5.11 Å². The van der Waals surface area contributed by atoms with Gasteiger partial charge in [0.1, 0.15) is 18.0 Å². The molecular weight excluding hydrogens is 334 g/mol. The van der Waals surface area contributed by atoms with Gasteiger partial charge in [-0.1, -0.05) is 0 Å². The van der Waals surface area contributed by atoms with Gasteiger partial charge < -0.3 is 24.4 Å². The Balaban J connectivity index is 1.33. The minimum absolute atomic E-state index is 0.584. The van der Waals surface area contributed by atoms with Gasteiger partial charge in [0.2, 0.25) is 0 Å². The van der Waals surface area contributed by atoms with E-state index >= 15 is 0 Å². The molecule has 4 rings (SSSR count). The molecule has 3 aliphatic rings. The van der Waals surface area contributed by atoms with Crippen molar-refractivity contribution in [2.45, 2.75) is 18.4 Å². The van der Waals surface area contributed by atoms with Gasteiger partial charge in [-0.2, -0.15) is 0 Å². The highest BCUT2D eigenvalue weighted by atomic mass is 16.5. The van der Waals surface area contributed by atoms with E-state index < -0.39 is 5.60 Å². The summed E-state index contributed by atoms with van der Waals surface area (Å²) in [5.41, 5.74) is -0.584. The highest BCUT2D eigenvalue weighted by Crippen LogP contribution is 2.24. The van der Waals surface area contributed by atoms with Crippen LogP contribution in [0.1, 0.15) is 12.8 Å². The van der Waals surface area contributed by atoms with Gasteiger partial charge in [0.25, 0.3) is 0 Å². The predicted molar refractivity (Wildman–Crippen MR) is 98.7 cm³/mol. The average Bonchev–Trinajstić information content (AvgIpc) is 2.70. The SMILES string of the molecule is OC1(CN2CCN(c3cc(N4CCOCC4)ncn3)CC2)CCOCC1. The molecule has 8 heteroatoms. The smallest absolute Gasteiger partial charge is 0.134 e. The van der Waals surface area contributed by atoms with Crippen molar-refractivity contribution in [3.05, 3.63) is 12.4 Å².